The van der Waals surface area contributed by atoms with Gasteiger partial charge in [0.1, 0.15) is 5.25 Å². The number of halogens is 2. The number of aromatic nitrogens is 1. The van der Waals surface area contributed by atoms with E-state index in [4.69, 9.17) is 32.7 Å². The Hall–Kier alpha value is -3.77. The number of thioether (sulfide) groups is 1. The molecule has 3 atom stereocenters. The molecule has 4 aromatic rings. The largest absolute Gasteiger partial charge is 0.493 e. The van der Waals surface area contributed by atoms with Crippen molar-refractivity contribution in [2.75, 3.05) is 23.9 Å². The fourth-order valence-electron chi connectivity index (χ4n) is 5.24. The molecule has 2 unspecified atom stereocenters. The van der Waals surface area contributed by atoms with Gasteiger partial charge in [0.15, 0.2) is 18.1 Å². The second kappa shape index (κ2) is 11.7. The second-order valence-corrected chi connectivity index (χ2v) is 13.0. The van der Waals surface area contributed by atoms with E-state index >= 15 is 0 Å². The molecule has 0 radical (unpaired) electrons. The molecule has 2 N–H and O–H groups in total. The Labute approximate surface area is 264 Å². The molecule has 1 fully saturated rings. The summed E-state index contributed by atoms with van der Waals surface area (Å²) >= 11 is 14.2. The molecule has 3 heterocycles. The number of hydrogen-bond donors (Lipinski definition) is 2. The lowest BCUT2D eigenvalue weighted by Gasteiger charge is -2.30. The predicted molar refractivity (Wildman–Crippen MR) is 167 cm³/mol. The van der Waals surface area contributed by atoms with Crippen molar-refractivity contribution >= 4 is 75.4 Å². The van der Waals surface area contributed by atoms with Crippen LogP contribution in [0.5, 0.6) is 11.5 Å². The molecule has 43 heavy (non-hydrogen) atoms. The van der Waals surface area contributed by atoms with Gasteiger partial charge in [-0.2, -0.15) is 0 Å². The van der Waals surface area contributed by atoms with Gasteiger partial charge in [0.2, 0.25) is 11.8 Å². The Morgan fingerprint density at radius 2 is 1.74 bits per heavy atom. The number of carbonyl (C=O) groups excluding carboxylic acids is 3. The predicted octanol–water partition coefficient (Wildman–Crippen LogP) is 5.87. The molecule has 0 aliphatic carbocycles. The molecule has 3 amide bonds. The van der Waals surface area contributed by atoms with Crippen molar-refractivity contribution in [3.05, 3.63) is 96.4 Å². The number of aryl methyl sites for hydroxylation is 1. The number of rotatable bonds is 7. The van der Waals surface area contributed by atoms with Gasteiger partial charge in [-0.15, -0.1) is 0 Å². The topological polar surface area (TPSA) is 118 Å². The summed E-state index contributed by atoms with van der Waals surface area (Å²) in [6, 6.07) is 17.1. The number of ether oxygens (including phenoxy) is 2. The zero-order valence-electron chi connectivity index (χ0n) is 22.7. The maximum atomic E-state index is 13.9. The summed E-state index contributed by atoms with van der Waals surface area (Å²) in [5.74, 6) is -1.79. The molecular weight excluding hydrogens is 633 g/mol. The maximum Gasteiger partial charge on any atom is 0.305 e. The van der Waals surface area contributed by atoms with E-state index in [0.717, 1.165) is 16.9 Å². The molecule has 0 saturated carbocycles. The van der Waals surface area contributed by atoms with Gasteiger partial charge in [0, 0.05) is 16.5 Å². The highest BCUT2D eigenvalue weighted by atomic mass is 35.5. The number of nitrogens with zero attached hydrogens (tertiary/aromatic N) is 1. The summed E-state index contributed by atoms with van der Waals surface area (Å²) < 4.78 is 11.3. The number of carbonyl (C=O) groups is 3. The summed E-state index contributed by atoms with van der Waals surface area (Å²) in [4.78, 5) is 57.0. The van der Waals surface area contributed by atoms with Crippen molar-refractivity contribution in [2.24, 2.45) is 5.92 Å². The second-order valence-electron chi connectivity index (χ2n) is 9.97. The van der Waals surface area contributed by atoms with Crippen LogP contribution in [0.25, 0.3) is 0 Å². The fourth-order valence-corrected chi connectivity index (χ4v) is 8.05. The lowest BCUT2D eigenvalue weighted by atomic mass is 9.83. The third-order valence-electron chi connectivity index (χ3n) is 7.23. The number of benzene rings is 3. The number of methoxy groups -OCH3 is 1. The van der Waals surface area contributed by atoms with Crippen molar-refractivity contribution < 1.29 is 23.9 Å². The highest BCUT2D eigenvalue weighted by Crippen LogP contribution is 2.53. The van der Waals surface area contributed by atoms with Crippen LogP contribution < -0.4 is 24.6 Å². The van der Waals surface area contributed by atoms with Gasteiger partial charge in [-0.05, 0) is 55.0 Å². The van der Waals surface area contributed by atoms with Crippen molar-refractivity contribution in [3.63, 3.8) is 0 Å². The number of fused-ring (bicyclic) bond motifs is 2. The minimum absolute atomic E-state index is 0.266. The summed E-state index contributed by atoms with van der Waals surface area (Å²) in [7, 11) is 1.46. The number of amides is 3. The minimum atomic E-state index is -0.744. The SMILES string of the molecule is COc1cc([C@H]2c3sc(=O)[nH]c3SC3C(=O)N(c4ccc(C)cc4)C(=O)C32)ccc1OCC(=O)Nc1ccc(Cl)c(Cl)c1. The van der Waals surface area contributed by atoms with E-state index in [9.17, 15) is 19.2 Å². The van der Waals surface area contributed by atoms with Gasteiger partial charge in [-0.3, -0.25) is 19.2 Å². The molecule has 2 aliphatic rings. The van der Waals surface area contributed by atoms with E-state index in [0.29, 0.717) is 48.4 Å². The molecular formula is C30H23Cl2N3O6S2. The van der Waals surface area contributed by atoms with Crippen molar-refractivity contribution in [2.45, 2.75) is 23.1 Å². The number of thiazole rings is 1. The lowest BCUT2D eigenvalue weighted by molar-refractivity contribution is -0.122. The van der Waals surface area contributed by atoms with Gasteiger partial charge < -0.3 is 19.8 Å². The highest BCUT2D eigenvalue weighted by molar-refractivity contribution is 8.00. The van der Waals surface area contributed by atoms with Gasteiger partial charge in [0.05, 0.1) is 33.8 Å². The summed E-state index contributed by atoms with van der Waals surface area (Å²) in [6.45, 7) is 1.61. The molecule has 13 heteroatoms. The number of aromatic amines is 1. The number of nitrogens with one attached hydrogen (secondary N) is 2. The molecule has 9 nitrogen and oxygen atoms in total. The van der Waals surface area contributed by atoms with Crippen LogP contribution in [0.4, 0.5) is 11.4 Å². The normalized spacial score (nSPS) is 19.2. The van der Waals surface area contributed by atoms with Gasteiger partial charge in [0.25, 0.3) is 5.91 Å². The summed E-state index contributed by atoms with van der Waals surface area (Å²) in [5, 5.41) is 3.23. The zero-order chi connectivity index (χ0) is 30.4. The van der Waals surface area contributed by atoms with Crippen LogP contribution in [0.1, 0.15) is 21.9 Å². The Balaban J connectivity index is 1.28. The van der Waals surface area contributed by atoms with Crippen LogP contribution in [-0.2, 0) is 14.4 Å². The van der Waals surface area contributed by atoms with Crippen molar-refractivity contribution in [1.29, 1.82) is 0 Å². The first kappa shape index (κ1) is 29.3. The van der Waals surface area contributed by atoms with Gasteiger partial charge >= 0.3 is 4.87 Å². The molecule has 3 aromatic carbocycles. The number of H-pyrrole nitrogens is 1. The smallest absolute Gasteiger partial charge is 0.305 e. The number of hydrogen-bond acceptors (Lipinski definition) is 8. The standard InChI is InChI=1S/C30H23Cl2N3O6S2/c1-14-3-7-17(8-4-14)35-28(37)24-23(25-27(34-30(39)43-25)42-26(24)29(35)38)15-5-10-20(21(11-15)40-2)41-13-22(36)33-16-6-9-18(31)19(32)12-16/h3-12,23-24,26H,13H2,1-2H3,(H,33,36)(H,34,39)/t23-,24?,26?/m1/s1. The first-order chi connectivity index (χ1) is 20.6. The number of anilines is 2. The van der Waals surface area contributed by atoms with Crippen LogP contribution in [0.3, 0.4) is 0 Å². The molecule has 0 bridgehead atoms. The van der Waals surface area contributed by atoms with Crippen LogP contribution >= 0.6 is 46.3 Å². The third kappa shape index (κ3) is 5.53. The van der Waals surface area contributed by atoms with Crippen LogP contribution in [-0.4, -0.2) is 41.7 Å². The highest BCUT2D eigenvalue weighted by Gasteiger charge is 2.56. The van der Waals surface area contributed by atoms with Gasteiger partial charge in [-0.25, -0.2) is 4.90 Å². The molecule has 0 spiro atoms. The fraction of sp³-hybridized carbons (Fsp3) is 0.200. The first-order valence-electron chi connectivity index (χ1n) is 13.0. The molecule has 1 saturated heterocycles. The third-order valence-corrected chi connectivity index (χ3v) is 10.4. The zero-order valence-corrected chi connectivity index (χ0v) is 25.8. The number of imide groups is 1. The van der Waals surface area contributed by atoms with Crippen molar-refractivity contribution in [1.82, 2.24) is 4.98 Å². The van der Waals surface area contributed by atoms with Crippen LogP contribution in [0, 0.1) is 12.8 Å². The van der Waals surface area contributed by atoms with Gasteiger partial charge in [-0.1, -0.05) is 70.1 Å². The van der Waals surface area contributed by atoms with Crippen LogP contribution in [0.15, 0.2) is 70.5 Å². The Morgan fingerprint density at radius 1 is 0.977 bits per heavy atom. The lowest BCUT2D eigenvalue weighted by Crippen LogP contribution is -2.32. The monoisotopic (exact) mass is 655 g/mol. The molecule has 2 aliphatic heterocycles. The summed E-state index contributed by atoms with van der Waals surface area (Å²) in [5.41, 5.74) is 2.65. The van der Waals surface area contributed by atoms with E-state index in [-0.39, 0.29) is 23.3 Å². The van der Waals surface area contributed by atoms with E-state index in [1.165, 1.54) is 29.8 Å². The molecule has 6 rings (SSSR count). The van der Waals surface area contributed by atoms with E-state index in [2.05, 4.69) is 10.3 Å². The van der Waals surface area contributed by atoms with E-state index < -0.39 is 23.0 Å². The van der Waals surface area contributed by atoms with Crippen molar-refractivity contribution in [3.8, 4) is 11.5 Å². The minimum Gasteiger partial charge on any atom is -0.493 e. The Morgan fingerprint density at radius 3 is 2.47 bits per heavy atom. The summed E-state index contributed by atoms with van der Waals surface area (Å²) in [6.07, 6.45) is 0. The van der Waals surface area contributed by atoms with E-state index in [1.807, 2.05) is 19.1 Å². The maximum absolute atomic E-state index is 13.9. The quantitative estimate of drug-likeness (QED) is 0.239. The molecule has 1 aromatic heterocycles. The first-order valence-corrected chi connectivity index (χ1v) is 15.5. The average Bonchev–Trinajstić information content (AvgIpc) is 3.48. The van der Waals surface area contributed by atoms with Crippen LogP contribution in [0.2, 0.25) is 10.0 Å². The Kier molecular flexibility index (Phi) is 7.99. The Bertz CT molecular complexity index is 1820. The van der Waals surface area contributed by atoms with E-state index in [1.54, 1.807) is 42.5 Å². The molecule has 220 valence electrons. The average molecular weight is 657 g/mol.